The first-order chi connectivity index (χ1) is 31.0. The van der Waals surface area contributed by atoms with Gasteiger partial charge in [0.15, 0.2) is 0 Å². The fourth-order valence-corrected chi connectivity index (χ4v) is 11.3. The SMILES string of the molecule is CC1(C)c2ccccc2N(c2ccc(-c3nc4ccccc4n3-c3ccccc3)cc2)c2c1ccc1c2-c2ccccc2C12c1ccccc1N(c1ccccc1)c1ccccc12. The van der Waals surface area contributed by atoms with Crippen molar-refractivity contribution in [3.8, 4) is 28.2 Å². The van der Waals surface area contributed by atoms with Crippen molar-refractivity contribution < 1.29 is 0 Å². The van der Waals surface area contributed by atoms with Gasteiger partial charge in [-0.25, -0.2) is 4.98 Å². The van der Waals surface area contributed by atoms with E-state index in [1.165, 1.54) is 67.3 Å². The fraction of sp³-hybridized carbons (Fsp3) is 0.0678. The molecular formula is C59H42N4. The molecular weight excluding hydrogens is 765 g/mol. The Balaban J connectivity index is 1.07. The number of hydrogen-bond acceptors (Lipinski definition) is 3. The van der Waals surface area contributed by atoms with Crippen molar-refractivity contribution in [3.63, 3.8) is 0 Å². The minimum absolute atomic E-state index is 0.269. The molecule has 10 aromatic rings. The van der Waals surface area contributed by atoms with Crippen LogP contribution in [0.3, 0.4) is 0 Å². The van der Waals surface area contributed by atoms with Crippen molar-refractivity contribution in [2.75, 3.05) is 9.80 Å². The summed E-state index contributed by atoms with van der Waals surface area (Å²) in [7, 11) is 0. The van der Waals surface area contributed by atoms with E-state index in [1.807, 2.05) is 0 Å². The second kappa shape index (κ2) is 13.3. The Morgan fingerprint density at radius 2 is 0.889 bits per heavy atom. The minimum atomic E-state index is -0.563. The van der Waals surface area contributed by atoms with E-state index >= 15 is 0 Å². The second-order valence-electron chi connectivity index (χ2n) is 17.5. The van der Waals surface area contributed by atoms with Crippen LogP contribution in [0.15, 0.2) is 218 Å². The van der Waals surface area contributed by atoms with Crippen molar-refractivity contribution >= 4 is 45.2 Å². The molecule has 298 valence electrons. The van der Waals surface area contributed by atoms with E-state index in [4.69, 9.17) is 4.98 Å². The maximum Gasteiger partial charge on any atom is 0.145 e. The molecule has 2 aliphatic heterocycles. The summed E-state index contributed by atoms with van der Waals surface area (Å²) in [5, 5.41) is 0. The normalized spacial score (nSPS) is 14.7. The number of anilines is 6. The summed E-state index contributed by atoms with van der Waals surface area (Å²) in [6, 6.07) is 80.1. The summed E-state index contributed by atoms with van der Waals surface area (Å²) in [6.45, 7) is 4.79. The predicted molar refractivity (Wildman–Crippen MR) is 259 cm³/mol. The molecule has 0 N–H and O–H groups in total. The van der Waals surface area contributed by atoms with E-state index < -0.39 is 5.41 Å². The number of para-hydroxylation sites is 7. The lowest BCUT2D eigenvalue weighted by Gasteiger charge is -2.46. The molecule has 1 aromatic heterocycles. The van der Waals surface area contributed by atoms with Gasteiger partial charge in [0, 0.05) is 33.6 Å². The van der Waals surface area contributed by atoms with Gasteiger partial charge in [0.05, 0.1) is 39.2 Å². The molecule has 63 heavy (non-hydrogen) atoms. The van der Waals surface area contributed by atoms with Crippen LogP contribution in [0, 0.1) is 0 Å². The maximum atomic E-state index is 5.22. The maximum absolute atomic E-state index is 5.22. The highest BCUT2D eigenvalue weighted by Crippen LogP contribution is 2.67. The molecule has 4 nitrogen and oxygen atoms in total. The lowest BCUT2D eigenvalue weighted by molar-refractivity contribution is 0.631. The third kappa shape index (κ3) is 4.83. The number of benzene rings is 9. The molecule has 13 rings (SSSR count). The van der Waals surface area contributed by atoms with E-state index in [2.05, 4.69) is 247 Å². The Kier molecular flexibility index (Phi) is 7.54. The van der Waals surface area contributed by atoms with Gasteiger partial charge in [-0.2, -0.15) is 0 Å². The van der Waals surface area contributed by atoms with Crippen LogP contribution in [0.5, 0.6) is 0 Å². The molecule has 3 heterocycles. The average Bonchev–Trinajstić information content (AvgIpc) is 3.87. The van der Waals surface area contributed by atoms with Crippen LogP contribution >= 0.6 is 0 Å². The molecule has 0 bridgehead atoms. The zero-order valence-corrected chi connectivity index (χ0v) is 35.1. The van der Waals surface area contributed by atoms with Crippen molar-refractivity contribution in [2.24, 2.45) is 0 Å². The highest BCUT2D eigenvalue weighted by atomic mass is 15.2. The van der Waals surface area contributed by atoms with Crippen LogP contribution in [0.1, 0.15) is 47.2 Å². The Bertz CT molecular complexity index is 3390. The van der Waals surface area contributed by atoms with Gasteiger partial charge in [0.2, 0.25) is 0 Å². The monoisotopic (exact) mass is 806 g/mol. The van der Waals surface area contributed by atoms with E-state index in [0.717, 1.165) is 39.5 Å². The van der Waals surface area contributed by atoms with Gasteiger partial charge in [-0.1, -0.05) is 153 Å². The van der Waals surface area contributed by atoms with Crippen LogP contribution in [0.2, 0.25) is 0 Å². The molecule has 0 amide bonds. The number of hydrogen-bond donors (Lipinski definition) is 0. The van der Waals surface area contributed by atoms with Gasteiger partial charge in [-0.05, 0) is 118 Å². The molecule has 0 atom stereocenters. The van der Waals surface area contributed by atoms with Crippen molar-refractivity contribution in [2.45, 2.75) is 24.7 Å². The highest BCUT2D eigenvalue weighted by molar-refractivity contribution is 6.04. The van der Waals surface area contributed by atoms with E-state index in [1.54, 1.807) is 0 Å². The Morgan fingerprint density at radius 3 is 1.57 bits per heavy atom. The molecule has 1 aliphatic carbocycles. The van der Waals surface area contributed by atoms with E-state index in [0.29, 0.717) is 0 Å². The van der Waals surface area contributed by atoms with E-state index in [9.17, 15) is 0 Å². The van der Waals surface area contributed by atoms with Crippen molar-refractivity contribution in [1.82, 2.24) is 9.55 Å². The molecule has 3 aliphatic rings. The van der Waals surface area contributed by atoms with Crippen LogP contribution in [0.25, 0.3) is 39.2 Å². The van der Waals surface area contributed by atoms with Gasteiger partial charge in [-0.15, -0.1) is 0 Å². The molecule has 9 aromatic carbocycles. The van der Waals surface area contributed by atoms with Gasteiger partial charge >= 0.3 is 0 Å². The number of aromatic nitrogens is 2. The lowest BCUT2D eigenvalue weighted by atomic mass is 9.64. The Morgan fingerprint density at radius 1 is 0.381 bits per heavy atom. The largest absolute Gasteiger partial charge is 0.310 e. The van der Waals surface area contributed by atoms with Crippen LogP contribution < -0.4 is 9.80 Å². The summed E-state index contributed by atoms with van der Waals surface area (Å²) in [6.07, 6.45) is 0. The molecule has 0 unspecified atom stereocenters. The van der Waals surface area contributed by atoms with Gasteiger partial charge in [0.25, 0.3) is 0 Å². The smallest absolute Gasteiger partial charge is 0.145 e. The zero-order valence-electron chi connectivity index (χ0n) is 35.1. The summed E-state index contributed by atoms with van der Waals surface area (Å²) < 4.78 is 2.28. The first-order valence-corrected chi connectivity index (χ1v) is 21.9. The number of fused-ring (bicyclic) bond motifs is 13. The first-order valence-electron chi connectivity index (χ1n) is 21.9. The number of imidazole rings is 1. The van der Waals surface area contributed by atoms with Crippen LogP contribution in [-0.2, 0) is 10.8 Å². The number of nitrogens with zero attached hydrogens (tertiary/aromatic N) is 4. The van der Waals surface area contributed by atoms with Crippen molar-refractivity contribution in [1.29, 1.82) is 0 Å². The van der Waals surface area contributed by atoms with Gasteiger partial charge in [0.1, 0.15) is 5.82 Å². The molecule has 0 saturated carbocycles. The topological polar surface area (TPSA) is 24.3 Å². The Hall–Kier alpha value is -7.95. The molecule has 1 spiro atoms. The summed E-state index contributed by atoms with van der Waals surface area (Å²) in [4.78, 5) is 10.2. The molecule has 0 saturated heterocycles. The first kappa shape index (κ1) is 35.8. The summed E-state index contributed by atoms with van der Waals surface area (Å²) >= 11 is 0. The summed E-state index contributed by atoms with van der Waals surface area (Å²) in [5.41, 5.74) is 20.8. The van der Waals surface area contributed by atoms with Gasteiger partial charge < -0.3 is 9.80 Å². The number of rotatable bonds is 4. The van der Waals surface area contributed by atoms with Crippen molar-refractivity contribution in [3.05, 3.63) is 252 Å². The minimum Gasteiger partial charge on any atom is -0.310 e. The Labute approximate surface area is 367 Å². The predicted octanol–water partition coefficient (Wildman–Crippen LogP) is 14.9. The fourth-order valence-electron chi connectivity index (χ4n) is 11.3. The molecule has 4 heteroatoms. The summed E-state index contributed by atoms with van der Waals surface area (Å²) in [5.74, 6) is 0.922. The quantitative estimate of drug-likeness (QED) is 0.177. The third-order valence-electron chi connectivity index (χ3n) is 14.0. The van der Waals surface area contributed by atoms with Crippen LogP contribution in [-0.4, -0.2) is 9.55 Å². The molecule has 0 fully saturated rings. The van der Waals surface area contributed by atoms with E-state index in [-0.39, 0.29) is 5.41 Å². The van der Waals surface area contributed by atoms with Crippen LogP contribution in [0.4, 0.5) is 34.1 Å². The second-order valence-corrected chi connectivity index (χ2v) is 17.5. The standard InChI is InChI=1S/C59H42N4/c1-58(2)45-25-11-15-29-51(45)62(42-35-33-39(34-36-42)57-60-50-28-14-18-32-54(50)63(57)41-21-7-4-8-22-41)56-49(58)38-37-48-55(56)43-23-9-10-24-44(43)59(48)46-26-12-16-30-52(46)61(40-19-5-3-6-20-40)53-31-17-13-27-47(53)59/h3-38H,1-2H3. The third-order valence-corrected chi connectivity index (χ3v) is 14.0. The highest BCUT2D eigenvalue weighted by Gasteiger charge is 2.54. The molecule has 0 radical (unpaired) electrons. The average molecular weight is 807 g/mol. The van der Waals surface area contributed by atoms with Gasteiger partial charge in [-0.3, -0.25) is 4.57 Å². The lowest BCUT2D eigenvalue weighted by Crippen LogP contribution is -2.36. The zero-order chi connectivity index (χ0) is 41.9.